The lowest BCUT2D eigenvalue weighted by atomic mass is 10.0. The van der Waals surface area contributed by atoms with Crippen LogP contribution >= 0.6 is 0 Å². The van der Waals surface area contributed by atoms with Crippen LogP contribution in [0.3, 0.4) is 0 Å². The minimum Gasteiger partial charge on any atom is -0.497 e. The molecule has 0 bridgehead atoms. The van der Waals surface area contributed by atoms with Crippen LogP contribution in [0.4, 0.5) is 5.69 Å². The van der Waals surface area contributed by atoms with Crippen LogP contribution in [0.15, 0.2) is 42.5 Å². The van der Waals surface area contributed by atoms with Gasteiger partial charge in [0.15, 0.2) is 6.10 Å². The number of benzene rings is 2. The van der Waals surface area contributed by atoms with Crippen molar-refractivity contribution in [1.82, 2.24) is 0 Å². The van der Waals surface area contributed by atoms with E-state index in [4.69, 9.17) is 9.47 Å². The third kappa shape index (κ3) is 4.51. The Bertz CT molecular complexity index is 710. The number of methoxy groups -OCH3 is 1. The summed E-state index contributed by atoms with van der Waals surface area (Å²) in [6.07, 6.45) is -0.600. The first-order chi connectivity index (χ1) is 11.4. The molecule has 1 atom stereocenters. The Morgan fingerprint density at radius 2 is 1.83 bits per heavy atom. The zero-order chi connectivity index (χ0) is 17.7. The van der Waals surface area contributed by atoms with Crippen molar-refractivity contribution in [2.75, 3.05) is 12.4 Å². The molecule has 1 N–H and O–H groups in total. The molecule has 0 aliphatic rings. The van der Waals surface area contributed by atoms with Crippen molar-refractivity contribution in [2.45, 2.75) is 39.7 Å². The molecule has 0 aliphatic heterocycles. The van der Waals surface area contributed by atoms with E-state index in [1.165, 1.54) is 5.56 Å². The Balaban J connectivity index is 2.07. The number of carbonyl (C=O) groups is 1. The first-order valence-electron chi connectivity index (χ1n) is 8.13. The predicted molar refractivity (Wildman–Crippen MR) is 97.0 cm³/mol. The summed E-state index contributed by atoms with van der Waals surface area (Å²) in [7, 11) is 1.59. The Labute approximate surface area is 143 Å². The van der Waals surface area contributed by atoms with Gasteiger partial charge in [-0.2, -0.15) is 0 Å². The standard InChI is InChI=1S/C20H25NO3/c1-13(2)16-10-9-14(3)19(11-16)24-15(4)20(22)21-17-7-6-8-18(12-17)23-5/h6-13,15H,1-5H3,(H,21,22). The van der Waals surface area contributed by atoms with Gasteiger partial charge in [-0.3, -0.25) is 4.79 Å². The molecule has 2 rings (SSSR count). The number of aryl methyl sites for hydroxylation is 1. The topological polar surface area (TPSA) is 47.6 Å². The van der Waals surface area contributed by atoms with E-state index in [0.717, 1.165) is 11.3 Å². The van der Waals surface area contributed by atoms with Gasteiger partial charge >= 0.3 is 0 Å². The predicted octanol–water partition coefficient (Wildman–Crippen LogP) is 4.53. The van der Waals surface area contributed by atoms with Gasteiger partial charge in [-0.25, -0.2) is 0 Å². The zero-order valence-electron chi connectivity index (χ0n) is 14.9. The first kappa shape index (κ1) is 17.9. The quantitative estimate of drug-likeness (QED) is 0.848. The highest BCUT2D eigenvalue weighted by molar-refractivity contribution is 5.94. The Kier molecular flexibility index (Phi) is 5.85. The van der Waals surface area contributed by atoms with Crippen LogP contribution in [0.1, 0.15) is 37.8 Å². The molecule has 0 saturated heterocycles. The van der Waals surface area contributed by atoms with Crippen LogP contribution < -0.4 is 14.8 Å². The van der Waals surface area contributed by atoms with Crippen LogP contribution in [0.25, 0.3) is 0 Å². The monoisotopic (exact) mass is 327 g/mol. The molecule has 128 valence electrons. The molecule has 0 heterocycles. The molecule has 0 radical (unpaired) electrons. The van der Waals surface area contributed by atoms with Crippen molar-refractivity contribution >= 4 is 11.6 Å². The van der Waals surface area contributed by atoms with Gasteiger partial charge in [0.2, 0.25) is 0 Å². The van der Waals surface area contributed by atoms with Crippen LogP contribution in [-0.2, 0) is 4.79 Å². The highest BCUT2D eigenvalue weighted by Crippen LogP contribution is 2.25. The fraction of sp³-hybridized carbons (Fsp3) is 0.350. The van der Waals surface area contributed by atoms with Gasteiger partial charge in [-0.15, -0.1) is 0 Å². The van der Waals surface area contributed by atoms with E-state index >= 15 is 0 Å². The summed E-state index contributed by atoms with van der Waals surface area (Å²) in [5.74, 6) is 1.66. The molecule has 4 heteroatoms. The van der Waals surface area contributed by atoms with E-state index < -0.39 is 6.10 Å². The normalized spacial score (nSPS) is 11.9. The maximum absolute atomic E-state index is 12.4. The molecule has 1 amide bonds. The Morgan fingerprint density at radius 3 is 2.50 bits per heavy atom. The van der Waals surface area contributed by atoms with Crippen molar-refractivity contribution in [3.8, 4) is 11.5 Å². The molecule has 0 aromatic heterocycles. The van der Waals surface area contributed by atoms with Gasteiger partial charge < -0.3 is 14.8 Å². The van der Waals surface area contributed by atoms with Crippen molar-refractivity contribution < 1.29 is 14.3 Å². The van der Waals surface area contributed by atoms with Crippen LogP contribution in [0.2, 0.25) is 0 Å². The smallest absolute Gasteiger partial charge is 0.265 e. The van der Waals surface area contributed by atoms with E-state index in [0.29, 0.717) is 17.4 Å². The average Bonchev–Trinajstić information content (AvgIpc) is 2.56. The summed E-state index contributed by atoms with van der Waals surface area (Å²) in [6.45, 7) is 7.99. The lowest BCUT2D eigenvalue weighted by Gasteiger charge is -2.18. The minimum absolute atomic E-state index is 0.197. The molecule has 0 aliphatic carbocycles. The minimum atomic E-state index is -0.600. The number of hydrogen-bond acceptors (Lipinski definition) is 3. The molecule has 24 heavy (non-hydrogen) atoms. The van der Waals surface area contributed by atoms with E-state index in [1.807, 2.05) is 37.3 Å². The van der Waals surface area contributed by atoms with Crippen LogP contribution in [0.5, 0.6) is 11.5 Å². The largest absolute Gasteiger partial charge is 0.497 e. The van der Waals surface area contributed by atoms with Crippen molar-refractivity contribution in [2.24, 2.45) is 0 Å². The van der Waals surface area contributed by atoms with Gasteiger partial charge in [0, 0.05) is 11.8 Å². The molecule has 2 aromatic rings. The maximum atomic E-state index is 12.4. The first-order valence-corrected chi connectivity index (χ1v) is 8.13. The van der Waals surface area contributed by atoms with Crippen LogP contribution in [0, 0.1) is 6.92 Å². The van der Waals surface area contributed by atoms with Crippen LogP contribution in [-0.4, -0.2) is 19.1 Å². The summed E-state index contributed by atoms with van der Waals surface area (Å²) in [4.78, 5) is 12.4. The number of rotatable bonds is 6. The number of carbonyl (C=O) groups excluding carboxylic acids is 1. The Hall–Kier alpha value is -2.49. The Morgan fingerprint density at radius 1 is 1.08 bits per heavy atom. The van der Waals surface area contributed by atoms with Crippen molar-refractivity contribution in [1.29, 1.82) is 0 Å². The van der Waals surface area contributed by atoms with E-state index in [2.05, 4.69) is 25.2 Å². The van der Waals surface area contributed by atoms with Gasteiger partial charge in [0.25, 0.3) is 5.91 Å². The summed E-state index contributed by atoms with van der Waals surface area (Å²) in [5.41, 5.74) is 2.89. The van der Waals surface area contributed by atoms with Crippen molar-refractivity contribution in [3.63, 3.8) is 0 Å². The van der Waals surface area contributed by atoms with E-state index in [9.17, 15) is 4.79 Å². The highest BCUT2D eigenvalue weighted by Gasteiger charge is 2.16. The number of ether oxygens (including phenoxy) is 2. The summed E-state index contributed by atoms with van der Waals surface area (Å²) < 4.78 is 11.0. The molecular weight excluding hydrogens is 302 g/mol. The number of amides is 1. The van der Waals surface area contributed by atoms with Gasteiger partial charge in [-0.1, -0.05) is 32.0 Å². The van der Waals surface area contributed by atoms with Gasteiger partial charge in [0.1, 0.15) is 11.5 Å². The lowest BCUT2D eigenvalue weighted by molar-refractivity contribution is -0.122. The zero-order valence-corrected chi connectivity index (χ0v) is 14.9. The molecule has 1 unspecified atom stereocenters. The molecule has 2 aromatic carbocycles. The maximum Gasteiger partial charge on any atom is 0.265 e. The van der Waals surface area contributed by atoms with Crippen molar-refractivity contribution in [3.05, 3.63) is 53.6 Å². The summed E-state index contributed by atoms with van der Waals surface area (Å²) in [5, 5.41) is 2.85. The summed E-state index contributed by atoms with van der Waals surface area (Å²) >= 11 is 0. The molecule has 4 nitrogen and oxygen atoms in total. The van der Waals surface area contributed by atoms with Gasteiger partial charge in [-0.05, 0) is 49.1 Å². The third-order valence-corrected chi connectivity index (χ3v) is 3.89. The fourth-order valence-electron chi connectivity index (χ4n) is 2.29. The second kappa shape index (κ2) is 7.86. The van der Waals surface area contributed by atoms with E-state index in [1.54, 1.807) is 20.1 Å². The summed E-state index contributed by atoms with van der Waals surface area (Å²) in [6, 6.07) is 13.4. The second-order valence-corrected chi connectivity index (χ2v) is 6.16. The average molecular weight is 327 g/mol. The van der Waals surface area contributed by atoms with E-state index in [-0.39, 0.29) is 5.91 Å². The number of anilines is 1. The molecule has 0 saturated carbocycles. The molecule has 0 spiro atoms. The number of hydrogen-bond donors (Lipinski definition) is 1. The third-order valence-electron chi connectivity index (χ3n) is 3.89. The second-order valence-electron chi connectivity index (χ2n) is 6.16. The molecule has 0 fully saturated rings. The highest BCUT2D eigenvalue weighted by atomic mass is 16.5. The number of nitrogens with one attached hydrogen (secondary N) is 1. The SMILES string of the molecule is COc1cccc(NC(=O)C(C)Oc2cc(C(C)C)ccc2C)c1. The lowest BCUT2D eigenvalue weighted by Crippen LogP contribution is -2.30. The molecular formula is C20H25NO3. The fourth-order valence-corrected chi connectivity index (χ4v) is 2.29. The van der Waals surface area contributed by atoms with Gasteiger partial charge in [0.05, 0.1) is 7.11 Å².